The number of nitrogen functional groups attached to an aromatic ring is 1. The Morgan fingerprint density at radius 3 is 2.68 bits per heavy atom. The fourth-order valence-corrected chi connectivity index (χ4v) is 1.59. The maximum atomic E-state index is 11.7. The first-order valence-electron chi connectivity index (χ1n) is 5.80. The molecule has 0 saturated carbocycles. The van der Waals surface area contributed by atoms with Crippen molar-refractivity contribution in [3.63, 3.8) is 0 Å². The third-order valence-electron chi connectivity index (χ3n) is 2.77. The van der Waals surface area contributed by atoms with E-state index in [0.717, 1.165) is 4.57 Å². The quantitative estimate of drug-likeness (QED) is 0.732. The third kappa shape index (κ3) is 2.37. The van der Waals surface area contributed by atoms with E-state index >= 15 is 0 Å². The van der Waals surface area contributed by atoms with Gasteiger partial charge in [-0.2, -0.15) is 5.10 Å². The van der Waals surface area contributed by atoms with Crippen molar-refractivity contribution in [3.05, 3.63) is 33.2 Å². The van der Waals surface area contributed by atoms with Crippen LogP contribution in [0.1, 0.15) is 19.9 Å². The van der Waals surface area contributed by atoms with Gasteiger partial charge < -0.3 is 11.1 Å². The third-order valence-corrected chi connectivity index (χ3v) is 2.77. The topological polar surface area (TPSA) is 111 Å². The zero-order valence-corrected chi connectivity index (χ0v) is 11.0. The Hall–Kier alpha value is -2.51. The number of hydrogen-bond donors (Lipinski definition) is 3. The summed E-state index contributed by atoms with van der Waals surface area (Å²) in [5, 5.41) is 7.02. The van der Waals surface area contributed by atoms with Crippen LogP contribution in [0.25, 0.3) is 0 Å². The highest BCUT2D eigenvalue weighted by atomic mass is 16.2. The monoisotopic (exact) mass is 264 g/mol. The molecule has 0 aromatic carbocycles. The lowest BCUT2D eigenvalue weighted by Gasteiger charge is -2.09. The van der Waals surface area contributed by atoms with Crippen LogP contribution in [0.2, 0.25) is 0 Å². The van der Waals surface area contributed by atoms with E-state index in [0.29, 0.717) is 5.69 Å². The molecule has 102 valence electrons. The maximum Gasteiger partial charge on any atom is 0.329 e. The highest BCUT2D eigenvalue weighted by Gasteiger charge is 2.11. The second-order valence-electron chi connectivity index (χ2n) is 4.51. The van der Waals surface area contributed by atoms with Gasteiger partial charge in [-0.1, -0.05) is 0 Å². The molecule has 2 rings (SSSR count). The zero-order valence-electron chi connectivity index (χ0n) is 11.0. The fraction of sp³-hybridized carbons (Fsp3) is 0.364. The Morgan fingerprint density at radius 1 is 1.42 bits per heavy atom. The van der Waals surface area contributed by atoms with Crippen LogP contribution in [-0.4, -0.2) is 19.3 Å². The number of aromatic amines is 1. The lowest BCUT2D eigenvalue weighted by atomic mass is 10.4. The molecule has 0 atom stereocenters. The number of rotatable bonds is 3. The van der Waals surface area contributed by atoms with Gasteiger partial charge in [-0.3, -0.25) is 19.0 Å². The molecule has 2 heterocycles. The van der Waals surface area contributed by atoms with Crippen LogP contribution in [-0.2, 0) is 7.05 Å². The highest BCUT2D eigenvalue weighted by Crippen LogP contribution is 2.17. The number of aromatic nitrogens is 4. The Labute approximate surface area is 108 Å². The van der Waals surface area contributed by atoms with E-state index in [1.807, 2.05) is 13.8 Å². The van der Waals surface area contributed by atoms with Crippen molar-refractivity contribution in [2.24, 2.45) is 7.05 Å². The molecule has 2 aromatic rings. The first kappa shape index (κ1) is 12.9. The maximum absolute atomic E-state index is 11.7. The molecule has 0 amide bonds. The van der Waals surface area contributed by atoms with E-state index < -0.39 is 11.2 Å². The van der Waals surface area contributed by atoms with Gasteiger partial charge in [-0.15, -0.1) is 0 Å². The molecule has 0 fully saturated rings. The fourth-order valence-electron chi connectivity index (χ4n) is 1.59. The summed E-state index contributed by atoms with van der Waals surface area (Å²) >= 11 is 0. The molecule has 0 spiro atoms. The molecule has 2 aromatic heterocycles. The summed E-state index contributed by atoms with van der Waals surface area (Å²) in [6.07, 6.45) is 3.35. The van der Waals surface area contributed by atoms with E-state index in [1.165, 1.54) is 7.05 Å². The smallest absolute Gasteiger partial charge is 0.329 e. The van der Waals surface area contributed by atoms with Crippen molar-refractivity contribution >= 4 is 17.2 Å². The molecule has 0 aliphatic carbocycles. The second-order valence-corrected chi connectivity index (χ2v) is 4.51. The summed E-state index contributed by atoms with van der Waals surface area (Å²) in [6, 6.07) is 0.214. The predicted molar refractivity (Wildman–Crippen MR) is 72.6 cm³/mol. The second kappa shape index (κ2) is 4.63. The Morgan fingerprint density at radius 2 is 2.11 bits per heavy atom. The van der Waals surface area contributed by atoms with Gasteiger partial charge >= 0.3 is 5.69 Å². The lowest BCUT2D eigenvalue weighted by molar-refractivity contribution is 0.532. The number of nitrogens with one attached hydrogen (secondary N) is 2. The Balaban J connectivity index is 2.41. The first-order chi connectivity index (χ1) is 8.90. The normalized spacial score (nSPS) is 10.9. The van der Waals surface area contributed by atoms with Gasteiger partial charge in [0.25, 0.3) is 5.56 Å². The number of nitrogens with two attached hydrogens (primary N) is 1. The predicted octanol–water partition coefficient (Wildman–Crippen LogP) is 0.177. The van der Waals surface area contributed by atoms with Gasteiger partial charge in [0.1, 0.15) is 11.5 Å². The summed E-state index contributed by atoms with van der Waals surface area (Å²) < 4.78 is 2.91. The SMILES string of the molecule is CC(C)n1cc(Nc2c(N)n(C)c(=O)[nH]c2=O)cn1. The van der Waals surface area contributed by atoms with Crippen molar-refractivity contribution in [2.45, 2.75) is 19.9 Å². The summed E-state index contributed by atoms with van der Waals surface area (Å²) in [5.74, 6) is 0.0750. The molecule has 0 aliphatic rings. The minimum Gasteiger partial charge on any atom is -0.383 e. The molecule has 0 bridgehead atoms. The lowest BCUT2D eigenvalue weighted by Crippen LogP contribution is -2.31. The summed E-state index contributed by atoms with van der Waals surface area (Å²) in [6.45, 7) is 3.98. The van der Waals surface area contributed by atoms with Crippen molar-refractivity contribution in [3.8, 4) is 0 Å². The van der Waals surface area contributed by atoms with Crippen LogP contribution in [0.15, 0.2) is 22.0 Å². The van der Waals surface area contributed by atoms with Crippen molar-refractivity contribution in [1.29, 1.82) is 0 Å². The molecule has 8 nitrogen and oxygen atoms in total. The van der Waals surface area contributed by atoms with Gasteiger partial charge in [0.05, 0.1) is 11.9 Å². The highest BCUT2D eigenvalue weighted by molar-refractivity contribution is 5.67. The van der Waals surface area contributed by atoms with Crippen LogP contribution in [0.4, 0.5) is 17.2 Å². The van der Waals surface area contributed by atoms with E-state index in [2.05, 4.69) is 15.4 Å². The molecular weight excluding hydrogens is 248 g/mol. The first-order valence-corrected chi connectivity index (χ1v) is 5.80. The molecule has 8 heteroatoms. The molecule has 0 aliphatic heterocycles. The van der Waals surface area contributed by atoms with Crippen molar-refractivity contribution in [2.75, 3.05) is 11.1 Å². The number of anilines is 3. The van der Waals surface area contributed by atoms with E-state index in [1.54, 1.807) is 17.1 Å². The average molecular weight is 264 g/mol. The van der Waals surface area contributed by atoms with Crippen LogP contribution >= 0.6 is 0 Å². The zero-order chi connectivity index (χ0) is 14.2. The largest absolute Gasteiger partial charge is 0.383 e. The summed E-state index contributed by atoms with van der Waals surface area (Å²) in [4.78, 5) is 25.2. The van der Waals surface area contributed by atoms with Crippen LogP contribution in [0.5, 0.6) is 0 Å². The van der Waals surface area contributed by atoms with Gasteiger partial charge in [0.2, 0.25) is 0 Å². The molecule has 19 heavy (non-hydrogen) atoms. The summed E-state index contributed by atoms with van der Waals surface area (Å²) in [7, 11) is 1.48. The molecule has 0 unspecified atom stereocenters. The van der Waals surface area contributed by atoms with Gasteiger partial charge in [-0.05, 0) is 13.8 Å². The minimum atomic E-state index is -0.558. The number of nitrogens with zero attached hydrogens (tertiary/aromatic N) is 3. The Bertz CT molecular complexity index is 709. The molecule has 0 saturated heterocycles. The molecule has 4 N–H and O–H groups in total. The van der Waals surface area contributed by atoms with Crippen LogP contribution in [0, 0.1) is 0 Å². The standard InChI is InChI=1S/C11H16N6O2/c1-6(2)17-5-7(4-13-17)14-8-9(12)16(3)11(19)15-10(8)18/h4-6,14H,12H2,1-3H3,(H,15,18,19). The number of hydrogen-bond acceptors (Lipinski definition) is 5. The average Bonchev–Trinajstić information content (AvgIpc) is 2.81. The van der Waals surface area contributed by atoms with E-state index in [9.17, 15) is 9.59 Å². The van der Waals surface area contributed by atoms with E-state index in [4.69, 9.17) is 5.73 Å². The summed E-state index contributed by atoms with van der Waals surface area (Å²) in [5.41, 5.74) is 5.40. The number of H-pyrrole nitrogens is 1. The Kier molecular flexibility index (Phi) is 3.16. The molecule has 0 radical (unpaired) electrons. The van der Waals surface area contributed by atoms with Crippen molar-refractivity contribution < 1.29 is 0 Å². The van der Waals surface area contributed by atoms with E-state index in [-0.39, 0.29) is 17.5 Å². The van der Waals surface area contributed by atoms with Crippen LogP contribution < -0.4 is 22.3 Å². The molecular formula is C11H16N6O2. The van der Waals surface area contributed by atoms with Gasteiger partial charge in [0, 0.05) is 19.3 Å². The van der Waals surface area contributed by atoms with Crippen molar-refractivity contribution in [1.82, 2.24) is 19.3 Å². The minimum absolute atomic E-state index is 0.0750. The van der Waals surface area contributed by atoms with Gasteiger partial charge in [0.15, 0.2) is 0 Å². The van der Waals surface area contributed by atoms with Gasteiger partial charge in [-0.25, -0.2) is 4.79 Å². The van der Waals surface area contributed by atoms with Crippen LogP contribution in [0.3, 0.4) is 0 Å².